The molecular formula is C18H16N4OS. The Hall–Kier alpha value is -2.86. The van der Waals surface area contributed by atoms with E-state index in [1.165, 1.54) is 11.3 Å². The number of benzene rings is 2. The van der Waals surface area contributed by atoms with E-state index in [0.29, 0.717) is 0 Å². The van der Waals surface area contributed by atoms with Crippen molar-refractivity contribution in [1.82, 2.24) is 4.98 Å². The zero-order valence-corrected chi connectivity index (χ0v) is 13.9. The molecule has 0 radical (unpaired) electrons. The highest BCUT2D eigenvalue weighted by Gasteiger charge is 2.26. The lowest BCUT2D eigenvalue weighted by molar-refractivity contribution is -0.116. The van der Waals surface area contributed by atoms with Crippen molar-refractivity contribution >= 4 is 33.8 Å². The molecule has 0 saturated carbocycles. The summed E-state index contributed by atoms with van der Waals surface area (Å²) in [5.41, 5.74) is 11.0. The molecule has 3 aromatic rings. The number of hydrogen-bond donors (Lipinski definition) is 3. The number of nitrogens with one attached hydrogen (secondary N) is 3. The van der Waals surface area contributed by atoms with Gasteiger partial charge in [0, 0.05) is 16.6 Å². The van der Waals surface area contributed by atoms with Crippen molar-refractivity contribution in [1.29, 1.82) is 0 Å². The highest BCUT2D eigenvalue weighted by Crippen LogP contribution is 2.36. The lowest BCUT2D eigenvalue weighted by atomic mass is 10.00. The van der Waals surface area contributed by atoms with Crippen LogP contribution in [-0.2, 0) is 4.79 Å². The van der Waals surface area contributed by atoms with Gasteiger partial charge in [0.05, 0.1) is 17.3 Å². The third-order valence-corrected chi connectivity index (χ3v) is 4.81. The fraction of sp³-hybridized carbons (Fsp3) is 0.111. The van der Waals surface area contributed by atoms with E-state index in [2.05, 4.69) is 21.2 Å². The van der Waals surface area contributed by atoms with Gasteiger partial charge in [0.2, 0.25) is 11.0 Å². The molecule has 5 nitrogen and oxygen atoms in total. The number of nitrogens with zero attached hydrogens (tertiary/aromatic N) is 1. The number of thiazole rings is 1. The first-order valence-corrected chi connectivity index (χ1v) is 8.56. The number of amides is 1. The molecule has 0 bridgehead atoms. The minimum absolute atomic E-state index is 0.0508. The van der Waals surface area contributed by atoms with Crippen molar-refractivity contribution < 1.29 is 4.79 Å². The van der Waals surface area contributed by atoms with Crippen LogP contribution in [0.3, 0.4) is 0 Å². The number of para-hydroxylation sites is 1. The van der Waals surface area contributed by atoms with Crippen LogP contribution >= 0.6 is 11.3 Å². The molecule has 1 aliphatic heterocycles. The Kier molecular flexibility index (Phi) is 3.66. The maximum absolute atomic E-state index is 11.8. The van der Waals surface area contributed by atoms with E-state index in [1.807, 2.05) is 60.8 Å². The Morgan fingerprint density at radius 1 is 1.12 bits per heavy atom. The van der Waals surface area contributed by atoms with E-state index in [1.54, 1.807) is 0 Å². The van der Waals surface area contributed by atoms with Crippen molar-refractivity contribution in [2.75, 3.05) is 16.2 Å². The van der Waals surface area contributed by atoms with Crippen LogP contribution < -0.4 is 16.2 Å². The van der Waals surface area contributed by atoms with Crippen LogP contribution in [0.15, 0.2) is 53.9 Å². The summed E-state index contributed by atoms with van der Waals surface area (Å²) < 4.78 is 0. The molecule has 24 heavy (non-hydrogen) atoms. The van der Waals surface area contributed by atoms with Crippen molar-refractivity contribution in [3.05, 3.63) is 59.5 Å². The van der Waals surface area contributed by atoms with E-state index in [4.69, 9.17) is 0 Å². The van der Waals surface area contributed by atoms with Gasteiger partial charge in [-0.3, -0.25) is 15.6 Å². The second-order valence-electron chi connectivity index (χ2n) is 5.67. The van der Waals surface area contributed by atoms with Crippen molar-refractivity contribution in [2.45, 2.75) is 12.8 Å². The molecule has 1 aromatic heterocycles. The van der Waals surface area contributed by atoms with Crippen LogP contribution in [-0.4, -0.2) is 10.9 Å². The number of carbonyl (C=O) groups excluding carboxylic acids is 1. The smallest absolute Gasteiger partial charge is 0.231 e. The largest absolute Gasteiger partial charge is 0.325 e. The molecule has 1 atom stereocenters. The molecule has 0 fully saturated rings. The minimum atomic E-state index is -0.115. The SMILES string of the molecule is C[C@H]1C(=O)Nc2ccc(-c3csc(NNc4ccccc4)n3)cc21. The summed E-state index contributed by atoms with van der Waals surface area (Å²) >= 11 is 1.53. The predicted molar refractivity (Wildman–Crippen MR) is 98.3 cm³/mol. The van der Waals surface area contributed by atoms with Crippen LogP contribution in [0.25, 0.3) is 11.3 Å². The molecule has 1 amide bonds. The van der Waals surface area contributed by atoms with Crippen LogP contribution in [0, 0.1) is 0 Å². The monoisotopic (exact) mass is 336 g/mol. The van der Waals surface area contributed by atoms with Gasteiger partial charge in [0.15, 0.2) is 0 Å². The zero-order valence-electron chi connectivity index (χ0n) is 13.0. The summed E-state index contributed by atoms with van der Waals surface area (Å²) in [5, 5.41) is 5.68. The number of aromatic nitrogens is 1. The number of carbonyl (C=O) groups is 1. The lowest BCUT2D eigenvalue weighted by Gasteiger charge is -2.06. The average Bonchev–Trinajstić information content (AvgIpc) is 3.19. The van der Waals surface area contributed by atoms with Crippen LogP contribution in [0.2, 0.25) is 0 Å². The quantitative estimate of drug-likeness (QED) is 0.621. The lowest BCUT2D eigenvalue weighted by Crippen LogP contribution is -2.08. The number of fused-ring (bicyclic) bond motifs is 1. The Morgan fingerprint density at radius 2 is 1.96 bits per heavy atom. The standard InChI is InChI=1S/C18H16N4OS/c1-11-14-9-12(7-8-15(14)19-17(11)23)16-10-24-18(20-16)22-21-13-5-3-2-4-6-13/h2-11,21H,1H3,(H,19,23)(H,20,22)/t11-/m1/s1. The fourth-order valence-corrected chi connectivity index (χ4v) is 3.36. The van der Waals surface area contributed by atoms with Gasteiger partial charge in [-0.05, 0) is 36.8 Å². The van der Waals surface area contributed by atoms with E-state index < -0.39 is 0 Å². The maximum Gasteiger partial charge on any atom is 0.231 e. The van der Waals surface area contributed by atoms with Crippen LogP contribution in [0.1, 0.15) is 18.4 Å². The van der Waals surface area contributed by atoms with Gasteiger partial charge in [-0.1, -0.05) is 24.3 Å². The molecule has 4 rings (SSSR count). The van der Waals surface area contributed by atoms with Gasteiger partial charge in [-0.15, -0.1) is 11.3 Å². The van der Waals surface area contributed by atoms with E-state index in [9.17, 15) is 4.79 Å². The molecule has 2 aromatic carbocycles. The third kappa shape index (κ3) is 2.72. The topological polar surface area (TPSA) is 66.1 Å². The first kappa shape index (κ1) is 14.7. The molecule has 2 heterocycles. The summed E-state index contributed by atoms with van der Waals surface area (Å²) in [6.45, 7) is 1.92. The Morgan fingerprint density at radius 3 is 2.79 bits per heavy atom. The number of anilines is 3. The van der Waals surface area contributed by atoms with Gasteiger partial charge in [0.25, 0.3) is 0 Å². The highest BCUT2D eigenvalue weighted by molar-refractivity contribution is 7.14. The fourth-order valence-electron chi connectivity index (χ4n) is 2.69. The van der Waals surface area contributed by atoms with Gasteiger partial charge in [-0.25, -0.2) is 4.98 Å². The van der Waals surface area contributed by atoms with Gasteiger partial charge < -0.3 is 5.32 Å². The van der Waals surface area contributed by atoms with Gasteiger partial charge >= 0.3 is 0 Å². The zero-order chi connectivity index (χ0) is 16.5. The van der Waals surface area contributed by atoms with Crippen molar-refractivity contribution in [2.24, 2.45) is 0 Å². The Bertz CT molecular complexity index is 891. The molecule has 0 saturated heterocycles. The van der Waals surface area contributed by atoms with Gasteiger partial charge in [-0.2, -0.15) is 0 Å². The molecule has 1 aliphatic rings. The van der Waals surface area contributed by atoms with Crippen LogP contribution in [0.5, 0.6) is 0 Å². The van der Waals surface area contributed by atoms with Crippen LogP contribution in [0.4, 0.5) is 16.5 Å². The van der Waals surface area contributed by atoms with E-state index in [0.717, 1.165) is 33.3 Å². The molecule has 0 spiro atoms. The third-order valence-electron chi connectivity index (χ3n) is 4.06. The number of hydrogen-bond acceptors (Lipinski definition) is 5. The molecule has 0 unspecified atom stereocenters. The minimum Gasteiger partial charge on any atom is -0.325 e. The molecule has 3 N–H and O–H groups in total. The predicted octanol–water partition coefficient (Wildman–Crippen LogP) is 4.30. The number of rotatable bonds is 4. The van der Waals surface area contributed by atoms with Crippen molar-refractivity contribution in [3.8, 4) is 11.3 Å². The first-order chi connectivity index (χ1) is 11.7. The summed E-state index contributed by atoms with van der Waals surface area (Å²) in [5.74, 6) is -0.0641. The van der Waals surface area contributed by atoms with Crippen molar-refractivity contribution in [3.63, 3.8) is 0 Å². The molecule has 0 aliphatic carbocycles. The normalized spacial score (nSPS) is 15.7. The summed E-state index contributed by atoms with van der Waals surface area (Å²) in [4.78, 5) is 16.4. The molecular weight excluding hydrogens is 320 g/mol. The first-order valence-electron chi connectivity index (χ1n) is 7.68. The van der Waals surface area contributed by atoms with E-state index in [-0.39, 0.29) is 11.8 Å². The maximum atomic E-state index is 11.8. The summed E-state index contributed by atoms with van der Waals surface area (Å²) in [6, 6.07) is 15.8. The Labute approximate surface area is 143 Å². The van der Waals surface area contributed by atoms with Gasteiger partial charge in [0.1, 0.15) is 0 Å². The highest BCUT2D eigenvalue weighted by atomic mass is 32.1. The Balaban J connectivity index is 1.52. The average molecular weight is 336 g/mol. The van der Waals surface area contributed by atoms with E-state index >= 15 is 0 Å². The number of hydrazine groups is 1. The second kappa shape index (κ2) is 5.98. The molecule has 6 heteroatoms. The summed E-state index contributed by atoms with van der Waals surface area (Å²) in [7, 11) is 0. The molecule has 120 valence electrons. The second-order valence-corrected chi connectivity index (χ2v) is 6.52. The summed E-state index contributed by atoms with van der Waals surface area (Å²) in [6.07, 6.45) is 0.